The van der Waals surface area contributed by atoms with Crippen molar-refractivity contribution in [2.24, 2.45) is 5.92 Å². The molecular weight excluding hydrogens is 373 g/mol. The van der Waals surface area contributed by atoms with Crippen molar-refractivity contribution in [2.45, 2.75) is 24.5 Å². The maximum absolute atomic E-state index is 14.5. The van der Waals surface area contributed by atoms with Crippen molar-refractivity contribution in [3.05, 3.63) is 69.9 Å². The lowest BCUT2D eigenvalue weighted by molar-refractivity contribution is -0.125. The Morgan fingerprint density at radius 3 is 2.67 bits per heavy atom. The Morgan fingerprint density at radius 2 is 1.88 bits per heavy atom. The topological polar surface area (TPSA) is 53.2 Å². The van der Waals surface area contributed by atoms with Crippen LogP contribution in [0.2, 0.25) is 0 Å². The Hall–Kier alpha value is -1.76. The highest BCUT2D eigenvalue weighted by atomic mass is 79.9. The molecule has 4 atom stereocenters. The summed E-state index contributed by atoms with van der Waals surface area (Å²) in [5.74, 6) is -0.512. The zero-order valence-corrected chi connectivity index (χ0v) is 14.4. The summed E-state index contributed by atoms with van der Waals surface area (Å²) in [5.41, 5.74) is 8.13. The van der Waals surface area contributed by atoms with Crippen LogP contribution in [-0.4, -0.2) is 12.1 Å². The number of hydrazine groups is 1. The lowest BCUT2D eigenvalue weighted by atomic mass is 9.74. The Balaban J connectivity index is 1.76. The quantitative estimate of drug-likeness (QED) is 0.739. The molecule has 0 saturated carbocycles. The summed E-state index contributed by atoms with van der Waals surface area (Å²) in [6, 6.07) is 15.0. The van der Waals surface area contributed by atoms with Crippen LogP contribution in [0.3, 0.4) is 0 Å². The smallest absolute Gasteiger partial charge is 0.221 e. The molecule has 0 spiro atoms. The van der Waals surface area contributed by atoms with Crippen molar-refractivity contribution in [1.82, 2.24) is 16.2 Å². The van der Waals surface area contributed by atoms with Crippen molar-refractivity contribution in [3.8, 4) is 0 Å². The lowest BCUT2D eigenvalue weighted by Gasteiger charge is -2.36. The number of piperidine rings is 1. The summed E-state index contributed by atoms with van der Waals surface area (Å²) in [4.78, 5) is 12.1. The Kier molecular flexibility index (Phi) is 4.12. The first kappa shape index (κ1) is 15.7. The number of nitrogens with one attached hydrogen (secondary N) is 3. The van der Waals surface area contributed by atoms with Gasteiger partial charge in [0, 0.05) is 22.7 Å². The van der Waals surface area contributed by atoms with Crippen LogP contribution < -0.4 is 16.2 Å². The summed E-state index contributed by atoms with van der Waals surface area (Å²) in [6.45, 7) is 0. The molecule has 3 N–H and O–H groups in total. The van der Waals surface area contributed by atoms with Crippen molar-refractivity contribution in [3.63, 3.8) is 0 Å². The van der Waals surface area contributed by atoms with E-state index < -0.39 is 0 Å². The molecule has 24 heavy (non-hydrogen) atoms. The molecule has 0 aromatic heterocycles. The van der Waals surface area contributed by atoms with Crippen molar-refractivity contribution in [2.75, 3.05) is 0 Å². The van der Waals surface area contributed by atoms with Crippen molar-refractivity contribution < 1.29 is 9.18 Å². The minimum atomic E-state index is -0.268. The molecule has 4 unspecified atom stereocenters. The molecule has 0 bridgehead atoms. The largest absolute Gasteiger partial charge is 0.339 e. The predicted octanol–water partition coefficient (Wildman–Crippen LogP) is 2.98. The molecule has 6 heteroatoms. The SMILES string of the molecule is O=C1CC(c2cc(Br)ccc2F)C2C(NNC2c2ccccc2)N1. The van der Waals surface area contributed by atoms with Gasteiger partial charge >= 0.3 is 0 Å². The normalized spacial score (nSPS) is 29.2. The third-order valence-electron chi connectivity index (χ3n) is 4.87. The van der Waals surface area contributed by atoms with E-state index >= 15 is 0 Å². The number of amides is 1. The van der Waals surface area contributed by atoms with Gasteiger partial charge in [-0.25, -0.2) is 15.2 Å². The fraction of sp³-hybridized carbons (Fsp3) is 0.278. The molecule has 2 aliphatic heterocycles. The Morgan fingerprint density at radius 1 is 1.08 bits per heavy atom. The average Bonchev–Trinajstić information content (AvgIpc) is 3.01. The summed E-state index contributed by atoms with van der Waals surface area (Å²) >= 11 is 3.41. The Bertz CT molecular complexity index is 770. The van der Waals surface area contributed by atoms with Crippen LogP contribution in [-0.2, 0) is 4.79 Å². The van der Waals surface area contributed by atoms with Crippen molar-refractivity contribution >= 4 is 21.8 Å². The lowest BCUT2D eigenvalue weighted by Crippen LogP contribution is -2.52. The number of benzene rings is 2. The fourth-order valence-corrected chi connectivity index (χ4v) is 4.19. The van der Waals surface area contributed by atoms with E-state index in [4.69, 9.17) is 0 Å². The maximum atomic E-state index is 14.5. The van der Waals surface area contributed by atoms with Crippen LogP contribution in [0.25, 0.3) is 0 Å². The highest BCUT2D eigenvalue weighted by molar-refractivity contribution is 9.10. The van der Waals surface area contributed by atoms with Gasteiger partial charge in [0.2, 0.25) is 5.91 Å². The van der Waals surface area contributed by atoms with Gasteiger partial charge in [-0.2, -0.15) is 0 Å². The van der Waals surface area contributed by atoms with Gasteiger partial charge in [0.1, 0.15) is 5.82 Å². The number of halogens is 2. The van der Waals surface area contributed by atoms with Gasteiger partial charge in [0.15, 0.2) is 0 Å². The standard InChI is InChI=1S/C18H17BrFN3O/c19-11-6-7-14(20)12(8-11)13-9-15(24)21-18-16(13)17(22-23-18)10-4-2-1-3-5-10/h1-8,13,16-18,22-23H,9H2,(H,21,24). The maximum Gasteiger partial charge on any atom is 0.221 e. The zero-order valence-electron chi connectivity index (χ0n) is 12.8. The Labute approximate surface area is 147 Å². The third-order valence-corrected chi connectivity index (χ3v) is 5.36. The summed E-state index contributed by atoms with van der Waals surface area (Å²) in [5, 5.41) is 2.97. The van der Waals surface area contributed by atoms with Gasteiger partial charge in [-0.05, 0) is 29.3 Å². The number of carbonyl (C=O) groups excluding carboxylic acids is 1. The van der Waals surface area contributed by atoms with E-state index in [0.29, 0.717) is 5.56 Å². The number of carbonyl (C=O) groups is 1. The van der Waals surface area contributed by atoms with Crippen LogP contribution in [0.5, 0.6) is 0 Å². The molecule has 0 aliphatic carbocycles. The number of hydrogen-bond acceptors (Lipinski definition) is 3. The molecule has 2 saturated heterocycles. The van der Waals surface area contributed by atoms with E-state index in [0.717, 1.165) is 10.0 Å². The van der Waals surface area contributed by atoms with Gasteiger partial charge < -0.3 is 5.32 Å². The van der Waals surface area contributed by atoms with Gasteiger partial charge in [0.25, 0.3) is 0 Å². The van der Waals surface area contributed by atoms with E-state index in [2.05, 4.69) is 32.1 Å². The minimum Gasteiger partial charge on any atom is -0.339 e. The molecule has 2 aliphatic rings. The predicted molar refractivity (Wildman–Crippen MR) is 92.3 cm³/mol. The van der Waals surface area contributed by atoms with E-state index in [1.165, 1.54) is 6.07 Å². The van der Waals surface area contributed by atoms with E-state index in [1.54, 1.807) is 12.1 Å². The second-order valence-corrected chi connectivity index (χ2v) is 7.19. The van der Waals surface area contributed by atoms with Crippen LogP contribution >= 0.6 is 15.9 Å². The van der Waals surface area contributed by atoms with Gasteiger partial charge in [-0.15, -0.1) is 0 Å². The molecule has 1 amide bonds. The monoisotopic (exact) mass is 389 g/mol. The van der Waals surface area contributed by atoms with Crippen LogP contribution in [0.1, 0.15) is 29.5 Å². The molecule has 124 valence electrons. The van der Waals surface area contributed by atoms with Gasteiger partial charge in [-0.3, -0.25) is 4.79 Å². The molecular formula is C18H17BrFN3O. The fourth-order valence-electron chi connectivity index (χ4n) is 3.81. The van der Waals surface area contributed by atoms with Crippen LogP contribution in [0.4, 0.5) is 4.39 Å². The summed E-state index contributed by atoms with van der Waals surface area (Å²) in [7, 11) is 0. The molecule has 4 rings (SSSR count). The van der Waals surface area contributed by atoms with Crippen LogP contribution in [0.15, 0.2) is 53.0 Å². The molecule has 2 aromatic carbocycles. The van der Waals surface area contributed by atoms with Gasteiger partial charge in [0.05, 0.1) is 12.2 Å². The molecule has 2 aromatic rings. The first-order chi connectivity index (χ1) is 11.6. The average molecular weight is 390 g/mol. The molecule has 2 heterocycles. The van der Waals surface area contributed by atoms with Crippen molar-refractivity contribution in [1.29, 1.82) is 0 Å². The number of rotatable bonds is 2. The highest BCUT2D eigenvalue weighted by Gasteiger charge is 2.47. The van der Waals surface area contributed by atoms with E-state index in [9.17, 15) is 9.18 Å². The first-order valence-corrected chi connectivity index (χ1v) is 8.73. The number of fused-ring (bicyclic) bond motifs is 1. The second kappa shape index (κ2) is 6.27. The van der Waals surface area contributed by atoms with E-state index in [1.807, 2.05) is 30.3 Å². The minimum absolute atomic E-state index is 0.000168. The third kappa shape index (κ3) is 2.75. The summed E-state index contributed by atoms with van der Waals surface area (Å²) in [6.07, 6.45) is 0.0566. The number of hydrogen-bond donors (Lipinski definition) is 3. The zero-order chi connectivity index (χ0) is 16.7. The molecule has 4 nitrogen and oxygen atoms in total. The van der Waals surface area contributed by atoms with Crippen LogP contribution in [0, 0.1) is 11.7 Å². The van der Waals surface area contributed by atoms with E-state index in [-0.39, 0.29) is 42.2 Å². The first-order valence-electron chi connectivity index (χ1n) is 7.94. The van der Waals surface area contributed by atoms with Gasteiger partial charge in [-0.1, -0.05) is 46.3 Å². The highest BCUT2D eigenvalue weighted by Crippen LogP contribution is 2.44. The molecule has 0 radical (unpaired) electrons. The summed E-state index contributed by atoms with van der Waals surface area (Å²) < 4.78 is 15.3. The molecule has 2 fully saturated rings. The second-order valence-electron chi connectivity index (χ2n) is 6.28.